The monoisotopic (exact) mass is 213 g/mol. The first-order valence-electron chi connectivity index (χ1n) is 5.89. The predicted molar refractivity (Wildman–Crippen MR) is 60.3 cm³/mol. The molecule has 1 aliphatic carbocycles. The molecule has 1 aliphatic rings. The van der Waals surface area contributed by atoms with Crippen molar-refractivity contribution in [3.05, 3.63) is 0 Å². The molecule has 15 heavy (non-hydrogen) atoms. The van der Waals surface area contributed by atoms with Crippen molar-refractivity contribution in [1.29, 1.82) is 0 Å². The smallest absolute Gasteiger partial charge is 0.306 e. The number of carbonyl (C=O) groups excluding carboxylic acids is 1. The molecule has 0 aliphatic heterocycles. The lowest BCUT2D eigenvalue weighted by atomic mass is 9.67. The largest absolute Gasteiger partial charge is 0.462 e. The molecule has 88 valence electrons. The second kappa shape index (κ2) is 4.97. The number of esters is 1. The highest BCUT2D eigenvalue weighted by molar-refractivity contribution is 5.70. The maximum absolute atomic E-state index is 11.6. The van der Waals surface area contributed by atoms with Crippen molar-refractivity contribution in [1.82, 2.24) is 0 Å². The van der Waals surface area contributed by atoms with E-state index in [1.54, 1.807) is 0 Å². The van der Waals surface area contributed by atoms with E-state index < -0.39 is 0 Å². The van der Waals surface area contributed by atoms with E-state index in [2.05, 4.69) is 13.8 Å². The van der Waals surface area contributed by atoms with Crippen molar-refractivity contribution in [2.45, 2.75) is 52.6 Å². The molecule has 2 N–H and O–H groups in total. The first-order valence-corrected chi connectivity index (χ1v) is 5.89. The van der Waals surface area contributed by atoms with E-state index in [1.807, 2.05) is 6.92 Å². The van der Waals surface area contributed by atoms with Gasteiger partial charge in [-0.15, -0.1) is 0 Å². The van der Waals surface area contributed by atoms with Crippen LogP contribution in [0.3, 0.4) is 0 Å². The summed E-state index contributed by atoms with van der Waals surface area (Å²) in [5.41, 5.74) is 5.76. The summed E-state index contributed by atoms with van der Waals surface area (Å²) in [6.07, 6.45) is 3.86. The number of rotatable bonds is 5. The van der Waals surface area contributed by atoms with E-state index in [-0.39, 0.29) is 17.5 Å². The number of hydrogen-bond acceptors (Lipinski definition) is 3. The summed E-state index contributed by atoms with van der Waals surface area (Å²) >= 11 is 0. The molecule has 3 nitrogen and oxygen atoms in total. The molecule has 0 bridgehead atoms. The van der Waals surface area contributed by atoms with Gasteiger partial charge in [-0.3, -0.25) is 4.79 Å². The van der Waals surface area contributed by atoms with Crippen LogP contribution in [0, 0.1) is 11.3 Å². The van der Waals surface area contributed by atoms with E-state index in [1.165, 1.54) is 6.42 Å². The minimum Gasteiger partial charge on any atom is -0.462 e. The topological polar surface area (TPSA) is 52.3 Å². The Labute approximate surface area is 92.4 Å². The van der Waals surface area contributed by atoms with Gasteiger partial charge in [0.15, 0.2) is 0 Å². The van der Waals surface area contributed by atoms with Gasteiger partial charge in [-0.05, 0) is 37.6 Å². The molecule has 0 aromatic rings. The maximum Gasteiger partial charge on any atom is 0.306 e. The first kappa shape index (κ1) is 12.5. The minimum atomic E-state index is -0.0821. The van der Waals surface area contributed by atoms with E-state index in [0.29, 0.717) is 18.9 Å². The van der Waals surface area contributed by atoms with Crippen molar-refractivity contribution >= 4 is 5.97 Å². The van der Waals surface area contributed by atoms with Crippen LogP contribution in [0.5, 0.6) is 0 Å². The van der Waals surface area contributed by atoms with Crippen LogP contribution in [-0.2, 0) is 9.53 Å². The molecule has 0 aromatic heterocycles. The molecule has 1 atom stereocenters. The second-order valence-corrected chi connectivity index (χ2v) is 5.17. The van der Waals surface area contributed by atoms with Crippen LogP contribution in [0.1, 0.15) is 46.5 Å². The Morgan fingerprint density at radius 2 is 2.00 bits per heavy atom. The Morgan fingerprint density at radius 1 is 1.40 bits per heavy atom. The zero-order chi connectivity index (χ0) is 11.5. The molecule has 1 unspecified atom stereocenters. The number of hydrogen-bond donors (Lipinski definition) is 1. The maximum atomic E-state index is 11.6. The Balaban J connectivity index is 2.35. The fraction of sp³-hybridized carbons (Fsp3) is 0.917. The zero-order valence-electron chi connectivity index (χ0n) is 10.1. The van der Waals surface area contributed by atoms with E-state index in [9.17, 15) is 4.79 Å². The van der Waals surface area contributed by atoms with Gasteiger partial charge in [-0.2, -0.15) is 0 Å². The van der Waals surface area contributed by atoms with Gasteiger partial charge in [0.2, 0.25) is 0 Å². The molecule has 0 radical (unpaired) electrons. The number of nitrogens with two attached hydrogens (primary N) is 1. The Hall–Kier alpha value is -0.570. The van der Waals surface area contributed by atoms with Gasteiger partial charge in [0, 0.05) is 0 Å². The molecule has 1 saturated carbocycles. The Morgan fingerprint density at radius 3 is 2.33 bits per heavy atom. The summed E-state index contributed by atoms with van der Waals surface area (Å²) in [6.45, 7) is 6.66. The Bertz CT molecular complexity index is 216. The molecule has 0 spiro atoms. The average Bonchev–Trinajstić information content (AvgIpc) is 2.11. The summed E-state index contributed by atoms with van der Waals surface area (Å²) in [5, 5.41) is 0. The van der Waals surface area contributed by atoms with E-state index in [4.69, 9.17) is 10.5 Å². The van der Waals surface area contributed by atoms with Crippen molar-refractivity contribution < 1.29 is 9.53 Å². The van der Waals surface area contributed by atoms with Crippen molar-refractivity contribution in [2.24, 2.45) is 17.1 Å². The van der Waals surface area contributed by atoms with Crippen LogP contribution in [0.25, 0.3) is 0 Å². The van der Waals surface area contributed by atoms with E-state index in [0.717, 1.165) is 12.8 Å². The standard InChI is InChI=1S/C12H23NO2/c1-9(2)10(3)15-11(14)7-12(8-13)5-4-6-12/h9-10H,4-8,13H2,1-3H3. The SMILES string of the molecule is CC(C)C(C)OC(=O)CC1(CN)CCC1. The Kier molecular flexibility index (Phi) is 4.14. The van der Waals surface area contributed by atoms with Crippen LogP contribution >= 0.6 is 0 Å². The fourth-order valence-electron chi connectivity index (χ4n) is 1.82. The van der Waals surface area contributed by atoms with Crippen molar-refractivity contribution in [3.63, 3.8) is 0 Å². The minimum absolute atomic E-state index is 0.00685. The van der Waals surface area contributed by atoms with Crippen molar-refractivity contribution in [2.75, 3.05) is 6.54 Å². The lowest BCUT2D eigenvalue weighted by Gasteiger charge is -2.40. The number of carbonyl (C=O) groups is 1. The lowest BCUT2D eigenvalue weighted by Crippen LogP contribution is -2.40. The zero-order valence-corrected chi connectivity index (χ0v) is 10.1. The second-order valence-electron chi connectivity index (χ2n) is 5.17. The molecule has 0 aromatic carbocycles. The van der Waals surface area contributed by atoms with E-state index >= 15 is 0 Å². The van der Waals surface area contributed by atoms with Gasteiger partial charge < -0.3 is 10.5 Å². The van der Waals surface area contributed by atoms with Crippen LogP contribution < -0.4 is 5.73 Å². The molecule has 0 saturated heterocycles. The lowest BCUT2D eigenvalue weighted by molar-refractivity contribution is -0.154. The predicted octanol–water partition coefficient (Wildman–Crippen LogP) is 2.09. The molecule has 3 heteroatoms. The fourth-order valence-corrected chi connectivity index (χ4v) is 1.82. The molecule has 0 heterocycles. The molecule has 0 amide bonds. The summed E-state index contributed by atoms with van der Waals surface area (Å²) in [6, 6.07) is 0. The summed E-state index contributed by atoms with van der Waals surface area (Å²) in [7, 11) is 0. The highest BCUT2D eigenvalue weighted by atomic mass is 16.5. The third-order valence-corrected chi connectivity index (χ3v) is 3.62. The van der Waals surface area contributed by atoms with Crippen LogP contribution in [0.2, 0.25) is 0 Å². The number of ether oxygens (including phenoxy) is 1. The van der Waals surface area contributed by atoms with Gasteiger partial charge in [0.1, 0.15) is 6.10 Å². The molecule has 1 rings (SSSR count). The average molecular weight is 213 g/mol. The summed E-state index contributed by atoms with van der Waals surface area (Å²) < 4.78 is 5.35. The van der Waals surface area contributed by atoms with Crippen LogP contribution in [0.4, 0.5) is 0 Å². The third kappa shape index (κ3) is 3.20. The van der Waals surface area contributed by atoms with Crippen molar-refractivity contribution in [3.8, 4) is 0 Å². The quantitative estimate of drug-likeness (QED) is 0.711. The molecule has 1 fully saturated rings. The van der Waals surface area contributed by atoms with Crippen LogP contribution in [-0.4, -0.2) is 18.6 Å². The van der Waals surface area contributed by atoms with Gasteiger partial charge in [-0.25, -0.2) is 0 Å². The van der Waals surface area contributed by atoms with Gasteiger partial charge in [0.25, 0.3) is 0 Å². The summed E-state index contributed by atoms with van der Waals surface area (Å²) in [5.74, 6) is 0.297. The van der Waals surface area contributed by atoms with Gasteiger partial charge >= 0.3 is 5.97 Å². The van der Waals surface area contributed by atoms with Crippen LogP contribution in [0.15, 0.2) is 0 Å². The highest BCUT2D eigenvalue weighted by Crippen LogP contribution is 2.43. The first-order chi connectivity index (χ1) is 6.99. The molecular formula is C12H23NO2. The molecular weight excluding hydrogens is 190 g/mol. The van der Waals surface area contributed by atoms with Gasteiger partial charge in [0.05, 0.1) is 6.42 Å². The highest BCUT2D eigenvalue weighted by Gasteiger charge is 2.38. The summed E-state index contributed by atoms with van der Waals surface area (Å²) in [4.78, 5) is 11.6. The van der Waals surface area contributed by atoms with Gasteiger partial charge in [-0.1, -0.05) is 20.3 Å². The normalized spacial score (nSPS) is 20.9. The third-order valence-electron chi connectivity index (χ3n) is 3.62.